The summed E-state index contributed by atoms with van der Waals surface area (Å²) in [6.07, 6.45) is 12.1. The number of methoxy groups -OCH3 is 2. The van der Waals surface area contributed by atoms with E-state index in [-0.39, 0.29) is 95.0 Å². The van der Waals surface area contributed by atoms with Crippen molar-refractivity contribution in [1.29, 1.82) is 0 Å². The third-order valence-corrected chi connectivity index (χ3v) is 19.8. The zero-order chi connectivity index (χ0) is 71.8. The van der Waals surface area contributed by atoms with Gasteiger partial charge < -0.3 is 50.4 Å². The molecule has 0 aliphatic heterocycles. The number of hydrogen-bond donors (Lipinski definition) is 6. The molecule has 2 fully saturated rings. The van der Waals surface area contributed by atoms with Gasteiger partial charge in [0.1, 0.15) is 46.6 Å². The summed E-state index contributed by atoms with van der Waals surface area (Å²) >= 11 is 13.4. The highest BCUT2D eigenvalue weighted by molar-refractivity contribution is 6.31. The molecule has 0 saturated heterocycles. The Morgan fingerprint density at radius 1 is 0.480 bits per heavy atom. The number of phenolic OH excluding ortho intramolecular Hbond substituents is 2. The lowest BCUT2D eigenvalue weighted by atomic mass is 9.89. The van der Waals surface area contributed by atoms with Gasteiger partial charge in [-0.2, -0.15) is 0 Å². The second kappa shape index (κ2) is 34.6. The number of carbonyl (C=O) groups is 6. The van der Waals surface area contributed by atoms with Gasteiger partial charge in [-0.3, -0.25) is 38.6 Å². The van der Waals surface area contributed by atoms with Crippen LogP contribution >= 0.6 is 23.2 Å². The molecule has 2 saturated carbocycles. The van der Waals surface area contributed by atoms with Crippen molar-refractivity contribution >= 4 is 82.4 Å². The Balaban J connectivity index is 1.19. The zero-order valence-corrected chi connectivity index (χ0v) is 59.6. The van der Waals surface area contributed by atoms with Crippen LogP contribution in [0.4, 0.5) is 22.7 Å². The third-order valence-electron chi connectivity index (χ3n) is 19.4. The Morgan fingerprint density at radius 3 is 1.13 bits per heavy atom. The fourth-order valence-corrected chi connectivity index (χ4v) is 14.6. The van der Waals surface area contributed by atoms with E-state index >= 15 is 19.2 Å². The number of ether oxygens (including phenoxy) is 4. The number of phenols is 2. The van der Waals surface area contributed by atoms with E-state index in [0.717, 1.165) is 77.0 Å². The van der Waals surface area contributed by atoms with Crippen molar-refractivity contribution in [2.75, 3.05) is 47.9 Å². The van der Waals surface area contributed by atoms with Crippen molar-refractivity contribution < 1.29 is 57.9 Å². The number of aromatic hydroxyl groups is 2. The molecule has 8 aromatic rings. The lowest BCUT2D eigenvalue weighted by Crippen LogP contribution is -2.47. The number of carbonyl (C=O) groups excluding carboxylic acids is 6. The highest BCUT2D eigenvalue weighted by Crippen LogP contribution is 2.46. The second-order valence-electron chi connectivity index (χ2n) is 26.5. The summed E-state index contributed by atoms with van der Waals surface area (Å²) in [5.41, 5.74) is 5.42. The first kappa shape index (κ1) is 73.2. The van der Waals surface area contributed by atoms with Crippen LogP contribution in [-0.4, -0.2) is 86.2 Å². The SMILES string of the molecule is CCCCOc1c2cc(N(C(=O)c3cccc(Cl)c3)C(C(=O)NC3CCCCC3)c3ccc(OC)cc3)cc1Cc1cc(NC=O)cc(c1O)Cc1cc(N(C(=O)c3cccc(Cl)c3)C(C(=O)NC3CCCCC3)c3ccc(OC)cc3)cc(c1OCCCC)Cc1cc(NC=O)cc(c1O)C2. The summed E-state index contributed by atoms with van der Waals surface area (Å²) in [6.45, 7) is 4.52. The number of rotatable bonds is 26. The van der Waals surface area contributed by atoms with E-state index in [0.29, 0.717) is 116 Å². The van der Waals surface area contributed by atoms with Crippen LogP contribution in [-0.2, 0) is 44.9 Å². The lowest BCUT2D eigenvalue weighted by Gasteiger charge is -2.35. The van der Waals surface area contributed by atoms with Crippen LogP contribution in [0.2, 0.25) is 10.0 Å². The van der Waals surface area contributed by atoms with Gasteiger partial charge in [0.05, 0.1) is 27.4 Å². The van der Waals surface area contributed by atoms with Gasteiger partial charge in [-0.1, -0.05) is 125 Å². The number of hydrogen-bond acceptors (Lipinski definition) is 12. The minimum absolute atomic E-state index is 0.118. The number of unbranched alkanes of at least 4 members (excludes halogenated alkanes) is 2. The molecule has 8 aromatic carbocycles. The molecule has 102 heavy (non-hydrogen) atoms. The average molecular weight is 1420 g/mol. The normalized spacial score (nSPS) is 14.4. The molecule has 0 spiro atoms. The van der Waals surface area contributed by atoms with Crippen molar-refractivity contribution in [3.05, 3.63) is 222 Å². The van der Waals surface area contributed by atoms with Crippen LogP contribution in [0.15, 0.2) is 146 Å². The Labute approximate surface area is 606 Å². The van der Waals surface area contributed by atoms with E-state index in [4.69, 9.17) is 42.1 Å². The molecule has 3 aliphatic rings. The highest BCUT2D eigenvalue weighted by Gasteiger charge is 2.39. The van der Waals surface area contributed by atoms with Gasteiger partial charge in [-0.15, -0.1) is 0 Å². The Morgan fingerprint density at radius 2 is 0.824 bits per heavy atom. The topological polar surface area (TPSA) is 234 Å². The number of fused-ring (bicyclic) bond motifs is 8. The predicted octanol–water partition coefficient (Wildman–Crippen LogP) is 16.3. The molecule has 2 unspecified atom stereocenters. The molecule has 3 aliphatic carbocycles. The first-order valence-corrected chi connectivity index (χ1v) is 36.1. The largest absolute Gasteiger partial charge is 0.507 e. The van der Waals surface area contributed by atoms with Gasteiger partial charge >= 0.3 is 0 Å². The van der Waals surface area contributed by atoms with Crippen LogP contribution in [0.3, 0.4) is 0 Å². The molecule has 2 atom stereocenters. The lowest BCUT2D eigenvalue weighted by molar-refractivity contribution is -0.124. The Kier molecular flexibility index (Phi) is 24.8. The van der Waals surface area contributed by atoms with E-state index in [1.54, 1.807) is 160 Å². The molecule has 0 radical (unpaired) electrons. The van der Waals surface area contributed by atoms with Crippen molar-refractivity contribution in [2.24, 2.45) is 0 Å². The van der Waals surface area contributed by atoms with Crippen molar-refractivity contribution in [3.63, 3.8) is 0 Å². The van der Waals surface area contributed by atoms with Crippen LogP contribution in [0.1, 0.15) is 192 Å². The third kappa shape index (κ3) is 17.5. The van der Waals surface area contributed by atoms with E-state index < -0.39 is 35.7 Å². The molecule has 6 N–H and O–H groups in total. The minimum Gasteiger partial charge on any atom is -0.507 e. The van der Waals surface area contributed by atoms with Gasteiger partial charge in [0.25, 0.3) is 11.8 Å². The number of anilines is 4. The summed E-state index contributed by atoms with van der Waals surface area (Å²) in [4.78, 5) is 91.8. The molecular weight excluding hydrogens is 1330 g/mol. The molecule has 8 bridgehead atoms. The molecule has 20 heteroatoms. The summed E-state index contributed by atoms with van der Waals surface area (Å²) in [5.74, 6) is -0.607. The molecular formula is C82H88Cl2N6O12. The van der Waals surface area contributed by atoms with E-state index in [1.165, 1.54) is 9.80 Å². The maximum absolute atomic E-state index is 16.0. The van der Waals surface area contributed by atoms with Gasteiger partial charge in [0, 0.05) is 126 Å². The first-order chi connectivity index (χ1) is 49.6. The average Bonchev–Trinajstić information content (AvgIpc) is 0.768. The molecule has 0 aromatic heterocycles. The minimum atomic E-state index is -1.32. The van der Waals surface area contributed by atoms with Gasteiger partial charge in [-0.25, -0.2) is 0 Å². The Hall–Kier alpha value is -10.0. The summed E-state index contributed by atoms with van der Waals surface area (Å²) in [5, 5.41) is 39.5. The molecule has 532 valence electrons. The van der Waals surface area contributed by atoms with Crippen molar-refractivity contribution in [3.8, 4) is 34.5 Å². The molecule has 0 heterocycles. The number of nitrogens with one attached hydrogen (secondary N) is 4. The fraction of sp³-hybridized carbons (Fsp3) is 0.341. The van der Waals surface area contributed by atoms with Gasteiger partial charge in [-0.05, 0) is 159 Å². The van der Waals surface area contributed by atoms with E-state index in [9.17, 15) is 19.8 Å². The fourth-order valence-electron chi connectivity index (χ4n) is 14.2. The Bertz CT molecular complexity index is 3960. The van der Waals surface area contributed by atoms with Crippen LogP contribution < -0.4 is 50.0 Å². The maximum Gasteiger partial charge on any atom is 0.259 e. The standard InChI is InChI=1S/C82H88Cl2N6O12/c1-5-7-33-101-77-59-35-55-41-67(85-49-91)43-57(75(55)93)37-61-47-70(90(82(98)54-18-16-20-64(84)40-54)74(52-27-31-72(100-4)32-28-52)80(96)88-66-23-13-10-14-24-66)48-62(78(61)102-34-8-6-2)38-58-44-68(86-50-92)42-56(76(58)94)36-60(77)46-69(45-59)89(81(97)53-17-15-19-63(83)39-53)73(51-25-29-71(99-3)30-26-51)79(95)87-65-21-11-9-12-22-65/h15-20,25-32,39-50,65-66,73-74,93-94H,5-14,21-24,33-38H2,1-4H3,(H,85,91)(H,86,92)(H,87,95)(H,88,96). The van der Waals surface area contributed by atoms with Crippen LogP contribution in [0.5, 0.6) is 34.5 Å². The smallest absolute Gasteiger partial charge is 0.259 e. The summed E-state index contributed by atoms with van der Waals surface area (Å²) in [6, 6.07) is 37.8. The monoisotopic (exact) mass is 1420 g/mol. The van der Waals surface area contributed by atoms with Gasteiger partial charge in [0.2, 0.25) is 24.6 Å². The number of nitrogens with zero attached hydrogens (tertiary/aromatic N) is 2. The second-order valence-corrected chi connectivity index (χ2v) is 27.4. The van der Waals surface area contributed by atoms with Crippen LogP contribution in [0, 0.1) is 0 Å². The quantitative estimate of drug-likeness (QED) is 0.0169. The van der Waals surface area contributed by atoms with Crippen molar-refractivity contribution in [2.45, 2.75) is 154 Å². The highest BCUT2D eigenvalue weighted by atomic mass is 35.5. The van der Waals surface area contributed by atoms with Gasteiger partial charge in [0.15, 0.2) is 0 Å². The van der Waals surface area contributed by atoms with Crippen LogP contribution in [0.25, 0.3) is 0 Å². The number of amides is 6. The predicted molar refractivity (Wildman–Crippen MR) is 399 cm³/mol. The van der Waals surface area contributed by atoms with Crippen molar-refractivity contribution in [1.82, 2.24) is 10.6 Å². The van der Waals surface area contributed by atoms with E-state index in [2.05, 4.69) is 21.3 Å². The molecule has 6 amide bonds. The first-order valence-electron chi connectivity index (χ1n) is 35.3. The molecule has 18 nitrogen and oxygen atoms in total. The maximum atomic E-state index is 16.0. The van der Waals surface area contributed by atoms with E-state index in [1.807, 2.05) is 13.8 Å². The summed E-state index contributed by atoms with van der Waals surface area (Å²) < 4.78 is 25.1. The number of benzene rings is 8. The zero-order valence-electron chi connectivity index (χ0n) is 58.1. The number of halogens is 2. The molecule has 11 rings (SSSR count). The summed E-state index contributed by atoms with van der Waals surface area (Å²) in [7, 11) is 3.09.